The van der Waals surface area contributed by atoms with Crippen LogP contribution in [0.25, 0.3) is 0 Å². The van der Waals surface area contributed by atoms with E-state index < -0.39 is 10.0 Å². The van der Waals surface area contributed by atoms with Gasteiger partial charge in [0.2, 0.25) is 15.9 Å². The molecular weight excluding hydrogens is 461 g/mol. The third-order valence-electron chi connectivity index (χ3n) is 5.59. The van der Waals surface area contributed by atoms with Gasteiger partial charge in [-0.2, -0.15) is 9.29 Å². The van der Waals surface area contributed by atoms with Gasteiger partial charge in [0.05, 0.1) is 4.90 Å². The summed E-state index contributed by atoms with van der Waals surface area (Å²) in [5, 5.41) is 6.51. The van der Waals surface area contributed by atoms with E-state index in [4.69, 9.17) is 4.52 Å². The highest BCUT2D eigenvalue weighted by Crippen LogP contribution is 2.22. The summed E-state index contributed by atoms with van der Waals surface area (Å²) in [5.41, 5.74) is 1.13. The number of sulfonamides is 1. The van der Waals surface area contributed by atoms with Gasteiger partial charge in [0.25, 0.3) is 5.91 Å². The van der Waals surface area contributed by atoms with E-state index in [0.717, 1.165) is 5.69 Å². The highest BCUT2D eigenvalue weighted by atomic mass is 32.2. The van der Waals surface area contributed by atoms with Crippen molar-refractivity contribution in [2.45, 2.75) is 24.7 Å². The van der Waals surface area contributed by atoms with Crippen LogP contribution >= 0.6 is 0 Å². The van der Waals surface area contributed by atoms with Gasteiger partial charge in [-0.25, -0.2) is 12.8 Å². The summed E-state index contributed by atoms with van der Waals surface area (Å²) >= 11 is 0. The van der Waals surface area contributed by atoms with Crippen LogP contribution in [0.5, 0.6) is 0 Å². The van der Waals surface area contributed by atoms with Crippen molar-refractivity contribution >= 4 is 21.6 Å². The molecule has 0 spiro atoms. The number of carbonyl (C=O) groups is 1. The van der Waals surface area contributed by atoms with Crippen LogP contribution in [0.2, 0.25) is 0 Å². The van der Waals surface area contributed by atoms with Crippen molar-refractivity contribution in [2.24, 2.45) is 0 Å². The first kappa shape index (κ1) is 23.8. The Balaban J connectivity index is 1.33. The van der Waals surface area contributed by atoms with Gasteiger partial charge in [-0.1, -0.05) is 11.2 Å². The lowest BCUT2D eigenvalue weighted by Crippen LogP contribution is -2.48. The monoisotopic (exact) mass is 487 g/mol. The van der Waals surface area contributed by atoms with Crippen LogP contribution in [-0.4, -0.2) is 61.5 Å². The highest BCUT2D eigenvalue weighted by Gasteiger charge is 2.29. The topological polar surface area (TPSA) is 109 Å². The van der Waals surface area contributed by atoms with Crippen molar-refractivity contribution in [1.82, 2.24) is 19.8 Å². The molecule has 1 N–H and O–H groups in total. The number of nitrogens with one attached hydrogen (secondary N) is 1. The number of hydrogen-bond acceptors (Lipinski definition) is 7. The van der Waals surface area contributed by atoms with Gasteiger partial charge in [-0.15, -0.1) is 0 Å². The Morgan fingerprint density at radius 3 is 2.53 bits per heavy atom. The van der Waals surface area contributed by atoms with Gasteiger partial charge in [-0.05, 0) is 55.8 Å². The van der Waals surface area contributed by atoms with Gasteiger partial charge in [0.15, 0.2) is 5.82 Å². The standard InChI is InChI=1S/C23H26FN5O4S/c1-17-26-22(33-27-17)6-3-11-25-23(30)18-4-2-5-21(16-18)34(31,32)29-14-12-28(13-15-29)20-9-7-19(24)8-10-20/h2,4-5,7-10,16H,3,6,11-15H2,1H3,(H,25,30). The van der Waals surface area contributed by atoms with Crippen LogP contribution in [0.15, 0.2) is 57.9 Å². The number of halogens is 1. The van der Waals surface area contributed by atoms with Crippen molar-refractivity contribution < 1.29 is 22.1 Å². The fourth-order valence-electron chi connectivity index (χ4n) is 3.77. The van der Waals surface area contributed by atoms with Crippen molar-refractivity contribution in [2.75, 3.05) is 37.6 Å². The quantitative estimate of drug-likeness (QED) is 0.486. The number of aryl methyl sites for hydroxylation is 2. The first-order chi connectivity index (χ1) is 16.3. The number of piperazine rings is 1. The van der Waals surface area contributed by atoms with Gasteiger partial charge in [-0.3, -0.25) is 4.79 Å². The Hall–Kier alpha value is -3.31. The fraction of sp³-hybridized carbons (Fsp3) is 0.348. The van der Waals surface area contributed by atoms with Crippen molar-refractivity contribution in [3.05, 3.63) is 71.6 Å². The van der Waals surface area contributed by atoms with Crippen LogP contribution in [0.4, 0.5) is 10.1 Å². The van der Waals surface area contributed by atoms with Gasteiger partial charge >= 0.3 is 0 Å². The lowest BCUT2D eigenvalue weighted by molar-refractivity contribution is 0.0952. The Morgan fingerprint density at radius 1 is 1.12 bits per heavy atom. The molecule has 1 aliphatic heterocycles. The minimum Gasteiger partial charge on any atom is -0.369 e. The molecule has 0 aliphatic carbocycles. The van der Waals surface area contributed by atoms with E-state index in [-0.39, 0.29) is 22.2 Å². The number of benzene rings is 2. The predicted octanol–water partition coefficient (Wildman–Crippen LogP) is 2.39. The largest absolute Gasteiger partial charge is 0.369 e. The molecule has 11 heteroatoms. The maximum atomic E-state index is 13.2. The molecule has 4 rings (SSSR count). The molecule has 2 heterocycles. The first-order valence-electron chi connectivity index (χ1n) is 11.0. The molecule has 0 unspecified atom stereocenters. The molecular formula is C23H26FN5O4S. The molecule has 0 bridgehead atoms. The number of anilines is 1. The molecule has 1 amide bonds. The third kappa shape index (κ3) is 5.60. The SMILES string of the molecule is Cc1noc(CCCNC(=O)c2cccc(S(=O)(=O)N3CCN(c4ccc(F)cc4)CC3)c2)n1. The van der Waals surface area contributed by atoms with Crippen LogP contribution in [0, 0.1) is 12.7 Å². The average molecular weight is 488 g/mol. The molecule has 2 aromatic carbocycles. The second-order valence-electron chi connectivity index (χ2n) is 7.99. The molecule has 1 aliphatic rings. The summed E-state index contributed by atoms with van der Waals surface area (Å²) < 4.78 is 46.0. The highest BCUT2D eigenvalue weighted by molar-refractivity contribution is 7.89. The number of amides is 1. The van der Waals surface area contributed by atoms with Crippen LogP contribution < -0.4 is 10.2 Å². The zero-order valence-corrected chi connectivity index (χ0v) is 19.6. The Morgan fingerprint density at radius 2 is 1.85 bits per heavy atom. The molecule has 0 atom stereocenters. The lowest BCUT2D eigenvalue weighted by atomic mass is 10.2. The zero-order valence-electron chi connectivity index (χ0n) is 18.8. The summed E-state index contributed by atoms with van der Waals surface area (Å²) in [6.07, 6.45) is 1.16. The van der Waals surface area contributed by atoms with E-state index in [0.29, 0.717) is 57.3 Å². The molecule has 0 saturated carbocycles. The van der Waals surface area contributed by atoms with Gasteiger partial charge < -0.3 is 14.7 Å². The lowest BCUT2D eigenvalue weighted by Gasteiger charge is -2.35. The summed E-state index contributed by atoms with van der Waals surface area (Å²) in [6.45, 7) is 3.70. The fourth-order valence-corrected chi connectivity index (χ4v) is 5.24. The first-order valence-corrected chi connectivity index (χ1v) is 12.4. The van der Waals surface area contributed by atoms with Crippen molar-refractivity contribution in [3.63, 3.8) is 0 Å². The Kier molecular flexibility index (Phi) is 7.23. The summed E-state index contributed by atoms with van der Waals surface area (Å²) in [4.78, 5) is 18.7. The predicted molar refractivity (Wildman–Crippen MR) is 124 cm³/mol. The second-order valence-corrected chi connectivity index (χ2v) is 9.93. The summed E-state index contributed by atoms with van der Waals surface area (Å²) in [5.74, 6) is 0.420. The molecule has 0 radical (unpaired) electrons. The molecule has 1 fully saturated rings. The number of nitrogens with zero attached hydrogens (tertiary/aromatic N) is 4. The van der Waals surface area contributed by atoms with Crippen LogP contribution in [-0.2, 0) is 16.4 Å². The Labute approximate surface area is 197 Å². The smallest absolute Gasteiger partial charge is 0.251 e. The van der Waals surface area contributed by atoms with Crippen molar-refractivity contribution in [3.8, 4) is 0 Å². The molecule has 9 nitrogen and oxygen atoms in total. The third-order valence-corrected chi connectivity index (χ3v) is 7.48. The minimum absolute atomic E-state index is 0.0803. The molecule has 34 heavy (non-hydrogen) atoms. The summed E-state index contributed by atoms with van der Waals surface area (Å²) in [7, 11) is -3.75. The van der Waals surface area contributed by atoms with Crippen LogP contribution in [0.3, 0.4) is 0 Å². The molecule has 3 aromatic rings. The Bertz CT molecular complexity index is 1240. The number of carbonyl (C=O) groups excluding carboxylic acids is 1. The minimum atomic E-state index is -3.75. The average Bonchev–Trinajstić information content (AvgIpc) is 3.27. The van der Waals surface area contributed by atoms with E-state index in [1.54, 1.807) is 31.2 Å². The summed E-state index contributed by atoms with van der Waals surface area (Å²) in [6, 6.07) is 12.2. The van der Waals surface area contributed by atoms with Crippen molar-refractivity contribution in [1.29, 1.82) is 0 Å². The van der Waals surface area contributed by atoms with Gasteiger partial charge in [0.1, 0.15) is 5.82 Å². The number of rotatable bonds is 8. The zero-order chi connectivity index (χ0) is 24.1. The van der Waals surface area contributed by atoms with E-state index in [2.05, 4.69) is 15.5 Å². The maximum absolute atomic E-state index is 13.2. The van der Waals surface area contributed by atoms with Gasteiger partial charge in [0, 0.05) is 50.4 Å². The van der Waals surface area contributed by atoms with Crippen LogP contribution in [0.1, 0.15) is 28.5 Å². The van der Waals surface area contributed by atoms with E-state index in [1.807, 2.05) is 4.90 Å². The normalized spacial score (nSPS) is 14.8. The second kappa shape index (κ2) is 10.3. The molecule has 1 aromatic heterocycles. The van der Waals surface area contributed by atoms with E-state index >= 15 is 0 Å². The van der Waals surface area contributed by atoms with E-state index in [9.17, 15) is 17.6 Å². The number of aromatic nitrogens is 2. The maximum Gasteiger partial charge on any atom is 0.251 e. The van der Waals surface area contributed by atoms with E-state index in [1.165, 1.54) is 28.6 Å². The molecule has 180 valence electrons. The number of hydrogen-bond donors (Lipinski definition) is 1. The molecule has 1 saturated heterocycles.